The maximum Gasteiger partial charge on any atom is 0.225 e. The smallest absolute Gasteiger partial charge is 0.225 e. The molecule has 0 radical (unpaired) electrons. The number of nitrogens with zero attached hydrogens (tertiary/aromatic N) is 5. The Morgan fingerprint density at radius 1 is 1.33 bits per heavy atom. The minimum atomic E-state index is 0.228. The van der Waals surface area contributed by atoms with Gasteiger partial charge >= 0.3 is 0 Å². The van der Waals surface area contributed by atoms with Crippen LogP contribution in [-0.4, -0.2) is 58.6 Å². The number of aromatic nitrogens is 2. The summed E-state index contributed by atoms with van der Waals surface area (Å²) in [7, 11) is 0. The van der Waals surface area contributed by atoms with E-state index < -0.39 is 0 Å². The fraction of sp³-hybridized carbons (Fsp3) is 0.500. The van der Waals surface area contributed by atoms with E-state index in [4.69, 9.17) is 22.5 Å². The van der Waals surface area contributed by atoms with Crippen molar-refractivity contribution in [1.29, 1.82) is 0 Å². The van der Waals surface area contributed by atoms with Crippen LogP contribution in [0.1, 0.15) is 0 Å². The summed E-state index contributed by atoms with van der Waals surface area (Å²) < 4.78 is 0. The first kappa shape index (κ1) is 12.8. The van der Waals surface area contributed by atoms with Crippen LogP contribution in [0.5, 0.6) is 0 Å². The van der Waals surface area contributed by atoms with Gasteiger partial charge in [-0.25, -0.2) is 9.97 Å². The van der Waals surface area contributed by atoms with E-state index >= 15 is 0 Å². The molecule has 18 heavy (non-hydrogen) atoms. The van der Waals surface area contributed by atoms with Crippen molar-refractivity contribution in [3.63, 3.8) is 0 Å². The van der Waals surface area contributed by atoms with Gasteiger partial charge in [-0.05, 0) is 0 Å². The molecular weight excluding hydrogens is 256 g/mol. The minimum Gasteiger partial charge on any atom is -0.409 e. The molecule has 2 heterocycles. The number of hydrogen-bond acceptors (Lipinski definition) is 6. The van der Waals surface area contributed by atoms with Crippen LogP contribution in [0, 0.1) is 0 Å². The van der Waals surface area contributed by atoms with Gasteiger partial charge in [0.1, 0.15) is 0 Å². The van der Waals surface area contributed by atoms with Crippen LogP contribution in [0.3, 0.4) is 0 Å². The molecule has 0 amide bonds. The lowest BCUT2D eigenvalue weighted by Gasteiger charge is -2.34. The Labute approximate surface area is 110 Å². The summed E-state index contributed by atoms with van der Waals surface area (Å²) in [5.41, 5.74) is 5.47. The number of rotatable bonds is 3. The van der Waals surface area contributed by atoms with E-state index in [9.17, 15) is 0 Å². The summed E-state index contributed by atoms with van der Waals surface area (Å²) in [6.45, 7) is 3.73. The third-order valence-corrected chi connectivity index (χ3v) is 2.97. The molecule has 0 atom stereocenters. The fourth-order valence-corrected chi connectivity index (χ4v) is 1.93. The van der Waals surface area contributed by atoms with Crippen molar-refractivity contribution in [2.45, 2.75) is 0 Å². The predicted molar refractivity (Wildman–Crippen MR) is 69.1 cm³/mol. The Morgan fingerprint density at radius 3 is 2.50 bits per heavy atom. The highest BCUT2D eigenvalue weighted by atomic mass is 35.5. The molecule has 0 aromatic carbocycles. The molecule has 1 aliphatic rings. The van der Waals surface area contributed by atoms with E-state index in [0.717, 1.165) is 26.2 Å². The van der Waals surface area contributed by atoms with Crippen LogP contribution in [0.25, 0.3) is 0 Å². The number of hydrogen-bond donors (Lipinski definition) is 2. The molecule has 1 saturated heterocycles. The Bertz CT molecular complexity index is 415. The van der Waals surface area contributed by atoms with Crippen LogP contribution < -0.4 is 10.6 Å². The van der Waals surface area contributed by atoms with Gasteiger partial charge in [-0.1, -0.05) is 16.8 Å². The Kier molecular flexibility index (Phi) is 4.16. The Hall–Kier alpha value is -1.60. The van der Waals surface area contributed by atoms with Gasteiger partial charge in [-0.3, -0.25) is 4.90 Å². The molecule has 1 aromatic heterocycles. The zero-order chi connectivity index (χ0) is 13.0. The number of oxime groups is 1. The second kappa shape index (κ2) is 5.83. The summed E-state index contributed by atoms with van der Waals surface area (Å²) in [5.74, 6) is 0.911. The summed E-state index contributed by atoms with van der Waals surface area (Å²) in [5, 5.41) is 12.0. The zero-order valence-corrected chi connectivity index (χ0v) is 10.6. The first-order chi connectivity index (χ1) is 8.69. The first-order valence-electron chi connectivity index (χ1n) is 5.60. The van der Waals surface area contributed by atoms with Gasteiger partial charge < -0.3 is 15.8 Å². The van der Waals surface area contributed by atoms with Crippen molar-refractivity contribution in [2.75, 3.05) is 37.6 Å². The lowest BCUT2D eigenvalue weighted by Crippen LogP contribution is -2.49. The summed E-state index contributed by atoms with van der Waals surface area (Å²) in [6.07, 6.45) is 3.18. The van der Waals surface area contributed by atoms with Gasteiger partial charge in [0.05, 0.1) is 24.0 Å². The molecule has 0 unspecified atom stereocenters. The van der Waals surface area contributed by atoms with Gasteiger partial charge in [0.15, 0.2) is 5.84 Å². The molecule has 0 bridgehead atoms. The molecule has 2 rings (SSSR count). The molecule has 3 N–H and O–H groups in total. The average molecular weight is 271 g/mol. The molecule has 0 saturated carbocycles. The SMILES string of the molecule is NC(CN1CCN(c2ncc(Cl)cn2)CC1)=NO. The van der Waals surface area contributed by atoms with E-state index in [1.165, 1.54) is 0 Å². The second-order valence-corrected chi connectivity index (χ2v) is 4.49. The van der Waals surface area contributed by atoms with Crippen molar-refractivity contribution in [3.05, 3.63) is 17.4 Å². The topological polar surface area (TPSA) is 90.9 Å². The van der Waals surface area contributed by atoms with Gasteiger partial charge in [0.25, 0.3) is 0 Å². The molecule has 1 fully saturated rings. The number of halogens is 1. The molecular formula is C10H15ClN6O. The van der Waals surface area contributed by atoms with Crippen LogP contribution in [0.15, 0.2) is 17.5 Å². The molecule has 7 nitrogen and oxygen atoms in total. The standard InChI is InChI=1S/C10H15ClN6O/c11-8-5-13-10(14-6-8)17-3-1-16(2-4-17)7-9(12)15-18/h5-6,18H,1-4,7H2,(H2,12,15). The monoisotopic (exact) mass is 270 g/mol. The number of amidine groups is 1. The Balaban J connectivity index is 1.88. The maximum absolute atomic E-state index is 8.51. The third-order valence-electron chi connectivity index (χ3n) is 2.78. The van der Waals surface area contributed by atoms with E-state index in [1.54, 1.807) is 12.4 Å². The van der Waals surface area contributed by atoms with E-state index in [-0.39, 0.29) is 5.84 Å². The average Bonchev–Trinajstić information content (AvgIpc) is 2.40. The number of anilines is 1. The predicted octanol–water partition coefficient (Wildman–Crippen LogP) is -0.00160. The van der Waals surface area contributed by atoms with E-state index in [1.807, 2.05) is 0 Å². The maximum atomic E-state index is 8.51. The largest absolute Gasteiger partial charge is 0.409 e. The van der Waals surface area contributed by atoms with Crippen molar-refractivity contribution in [3.8, 4) is 0 Å². The highest BCUT2D eigenvalue weighted by Crippen LogP contribution is 2.12. The van der Waals surface area contributed by atoms with Crippen LogP contribution in [0.4, 0.5) is 5.95 Å². The van der Waals surface area contributed by atoms with Crippen LogP contribution >= 0.6 is 11.6 Å². The highest BCUT2D eigenvalue weighted by Gasteiger charge is 2.19. The second-order valence-electron chi connectivity index (χ2n) is 4.06. The quantitative estimate of drug-likeness (QED) is 0.348. The first-order valence-corrected chi connectivity index (χ1v) is 5.98. The highest BCUT2D eigenvalue weighted by molar-refractivity contribution is 6.30. The summed E-state index contributed by atoms with van der Waals surface area (Å²) in [4.78, 5) is 12.6. The lowest BCUT2D eigenvalue weighted by atomic mass is 10.3. The van der Waals surface area contributed by atoms with Crippen molar-refractivity contribution in [2.24, 2.45) is 10.9 Å². The molecule has 1 aromatic rings. The van der Waals surface area contributed by atoms with Gasteiger partial charge in [0, 0.05) is 26.2 Å². The van der Waals surface area contributed by atoms with Crippen molar-refractivity contribution in [1.82, 2.24) is 14.9 Å². The molecule has 98 valence electrons. The summed E-state index contributed by atoms with van der Waals surface area (Å²) in [6, 6.07) is 0. The third kappa shape index (κ3) is 3.21. The van der Waals surface area contributed by atoms with Crippen LogP contribution in [0.2, 0.25) is 5.02 Å². The van der Waals surface area contributed by atoms with Gasteiger partial charge in [-0.2, -0.15) is 0 Å². The molecule has 8 heteroatoms. The molecule has 0 spiro atoms. The van der Waals surface area contributed by atoms with Crippen LogP contribution in [-0.2, 0) is 0 Å². The Morgan fingerprint density at radius 2 is 1.94 bits per heavy atom. The number of nitrogens with two attached hydrogens (primary N) is 1. The normalized spacial score (nSPS) is 18.1. The molecule has 1 aliphatic heterocycles. The summed E-state index contributed by atoms with van der Waals surface area (Å²) >= 11 is 5.74. The van der Waals surface area contributed by atoms with Gasteiger partial charge in [-0.15, -0.1) is 0 Å². The number of piperazine rings is 1. The minimum absolute atomic E-state index is 0.228. The fourth-order valence-electron chi connectivity index (χ4n) is 1.84. The van der Waals surface area contributed by atoms with E-state index in [0.29, 0.717) is 17.5 Å². The zero-order valence-electron chi connectivity index (χ0n) is 9.83. The van der Waals surface area contributed by atoms with E-state index in [2.05, 4.69) is 24.9 Å². The lowest BCUT2D eigenvalue weighted by molar-refractivity contribution is 0.277. The van der Waals surface area contributed by atoms with Crippen molar-refractivity contribution >= 4 is 23.4 Å². The molecule has 0 aliphatic carbocycles. The van der Waals surface area contributed by atoms with Gasteiger partial charge in [0.2, 0.25) is 5.95 Å². The van der Waals surface area contributed by atoms with Crippen molar-refractivity contribution < 1.29 is 5.21 Å².